The molecule has 3 aromatic heterocycles. The maximum Gasteiger partial charge on any atom is 0.164 e. The van der Waals surface area contributed by atoms with Crippen LogP contribution in [0.5, 0.6) is 0 Å². The Kier molecular flexibility index (Phi) is 7.54. The first kappa shape index (κ1) is 34.5. The van der Waals surface area contributed by atoms with Gasteiger partial charge in [0.05, 0.1) is 27.8 Å². The molecule has 0 N–H and O–H groups in total. The highest BCUT2D eigenvalue weighted by molar-refractivity contribution is 6.25. The molecule has 13 aromatic rings. The average Bonchev–Trinajstić information content (AvgIpc) is 3.85. The highest BCUT2D eigenvalue weighted by Gasteiger charge is 2.22. The highest BCUT2D eigenvalue weighted by atomic mass is 15.0. The van der Waals surface area contributed by atoms with E-state index in [-0.39, 0.29) is 0 Å². The van der Waals surface area contributed by atoms with E-state index in [9.17, 15) is 0 Å². The number of nitrogens with zero attached hydrogens (tertiary/aromatic N) is 5. The van der Waals surface area contributed by atoms with Crippen LogP contribution in [-0.2, 0) is 0 Å². The van der Waals surface area contributed by atoms with Crippen LogP contribution in [0.15, 0.2) is 212 Å². The molecule has 0 atom stereocenters. The molecule has 0 aliphatic heterocycles. The minimum Gasteiger partial charge on any atom is -0.309 e. The summed E-state index contributed by atoms with van der Waals surface area (Å²) in [4.78, 5) is 15.3. The number of para-hydroxylation sites is 1. The van der Waals surface area contributed by atoms with E-state index in [1.54, 1.807) is 0 Å². The minimum atomic E-state index is 0.636. The van der Waals surface area contributed by atoms with E-state index in [2.05, 4.69) is 185 Å². The van der Waals surface area contributed by atoms with E-state index in [1.165, 1.54) is 48.6 Å². The molecule has 0 unspecified atom stereocenters. The standard InChI is InChI=1S/C57H35N5/c1-3-17-38(18-4-1)55-58-56(39-19-5-2-6-20-39)60-57(59-55)46-26-13-25-44-43(46)24-14-28-50(44)62-49-27-12-11-23-45(49)47-34-48-53(35-52(47)62)61(41-31-29-36-15-7-8-21-40(36)33-41)51-32-30-37-16-9-10-22-42(37)54(48)51/h1-35H. The van der Waals surface area contributed by atoms with E-state index in [0.29, 0.717) is 17.5 Å². The fourth-order valence-corrected chi connectivity index (χ4v) is 9.71. The van der Waals surface area contributed by atoms with Gasteiger partial charge in [0, 0.05) is 49.3 Å². The van der Waals surface area contributed by atoms with E-state index >= 15 is 0 Å². The van der Waals surface area contributed by atoms with Gasteiger partial charge in [-0.1, -0.05) is 170 Å². The predicted molar refractivity (Wildman–Crippen MR) is 257 cm³/mol. The van der Waals surface area contributed by atoms with Crippen molar-refractivity contribution in [3.05, 3.63) is 212 Å². The van der Waals surface area contributed by atoms with E-state index in [1.807, 2.05) is 36.4 Å². The Morgan fingerprint density at radius 1 is 0.290 bits per heavy atom. The van der Waals surface area contributed by atoms with Crippen molar-refractivity contribution in [2.24, 2.45) is 0 Å². The lowest BCUT2D eigenvalue weighted by Crippen LogP contribution is -2.01. The summed E-state index contributed by atoms with van der Waals surface area (Å²) in [5.74, 6) is 1.92. The molecular formula is C57H35N5. The van der Waals surface area contributed by atoms with E-state index < -0.39 is 0 Å². The van der Waals surface area contributed by atoms with Crippen LogP contribution in [0.25, 0.3) is 121 Å². The molecule has 0 amide bonds. The van der Waals surface area contributed by atoms with Gasteiger partial charge in [0.1, 0.15) is 0 Å². The molecular weight excluding hydrogens is 755 g/mol. The van der Waals surface area contributed by atoms with Crippen molar-refractivity contribution in [2.45, 2.75) is 0 Å². The first-order valence-electron chi connectivity index (χ1n) is 21.0. The van der Waals surface area contributed by atoms with Crippen molar-refractivity contribution in [3.8, 4) is 45.5 Å². The second kappa shape index (κ2) is 13.6. The number of fused-ring (bicyclic) bond motifs is 10. The molecule has 0 saturated carbocycles. The summed E-state index contributed by atoms with van der Waals surface area (Å²) in [6.45, 7) is 0. The van der Waals surface area contributed by atoms with Crippen LogP contribution >= 0.6 is 0 Å². The predicted octanol–water partition coefficient (Wildman–Crippen LogP) is 14.5. The third-order valence-corrected chi connectivity index (χ3v) is 12.5. The molecule has 288 valence electrons. The van der Waals surface area contributed by atoms with E-state index in [4.69, 9.17) is 15.0 Å². The Morgan fingerprint density at radius 3 is 1.68 bits per heavy atom. The lowest BCUT2D eigenvalue weighted by atomic mass is 10.0. The van der Waals surface area contributed by atoms with Crippen LogP contribution < -0.4 is 0 Å². The molecule has 3 heterocycles. The van der Waals surface area contributed by atoms with Crippen LogP contribution in [0.2, 0.25) is 0 Å². The molecule has 13 rings (SSSR count). The van der Waals surface area contributed by atoms with Gasteiger partial charge in [0.15, 0.2) is 17.5 Å². The fourth-order valence-electron chi connectivity index (χ4n) is 9.71. The molecule has 10 aromatic carbocycles. The number of aromatic nitrogens is 5. The Hall–Kier alpha value is -8.41. The molecule has 5 nitrogen and oxygen atoms in total. The van der Waals surface area contributed by atoms with Gasteiger partial charge in [-0.25, -0.2) is 15.0 Å². The zero-order chi connectivity index (χ0) is 40.7. The van der Waals surface area contributed by atoms with Gasteiger partial charge >= 0.3 is 0 Å². The first-order valence-corrected chi connectivity index (χ1v) is 21.0. The topological polar surface area (TPSA) is 48.5 Å². The van der Waals surface area contributed by atoms with Crippen molar-refractivity contribution >= 4 is 75.9 Å². The smallest absolute Gasteiger partial charge is 0.164 e. The Labute approximate surface area is 356 Å². The van der Waals surface area contributed by atoms with Crippen molar-refractivity contribution < 1.29 is 0 Å². The molecule has 0 spiro atoms. The van der Waals surface area contributed by atoms with Crippen LogP contribution in [-0.4, -0.2) is 24.1 Å². The molecule has 0 aliphatic rings. The lowest BCUT2D eigenvalue weighted by molar-refractivity contribution is 1.08. The minimum absolute atomic E-state index is 0.636. The monoisotopic (exact) mass is 789 g/mol. The van der Waals surface area contributed by atoms with Crippen molar-refractivity contribution in [3.63, 3.8) is 0 Å². The Bertz CT molecular complexity index is 3860. The third-order valence-electron chi connectivity index (χ3n) is 12.5. The van der Waals surface area contributed by atoms with Crippen molar-refractivity contribution in [2.75, 3.05) is 0 Å². The molecule has 0 radical (unpaired) electrons. The van der Waals surface area contributed by atoms with Crippen molar-refractivity contribution in [1.29, 1.82) is 0 Å². The van der Waals surface area contributed by atoms with Gasteiger partial charge in [-0.05, 0) is 69.4 Å². The summed E-state index contributed by atoms with van der Waals surface area (Å²) >= 11 is 0. The van der Waals surface area contributed by atoms with E-state index in [0.717, 1.165) is 55.4 Å². The summed E-state index contributed by atoms with van der Waals surface area (Å²) in [6, 6.07) is 75.8. The maximum atomic E-state index is 5.14. The molecule has 0 fully saturated rings. The van der Waals surface area contributed by atoms with Gasteiger partial charge < -0.3 is 9.13 Å². The maximum absolute atomic E-state index is 5.14. The number of benzene rings is 10. The molecule has 5 heteroatoms. The lowest BCUT2D eigenvalue weighted by Gasteiger charge is -2.15. The van der Waals surface area contributed by atoms with Gasteiger partial charge in [0.2, 0.25) is 0 Å². The molecule has 0 saturated heterocycles. The Balaban J connectivity index is 1.09. The SMILES string of the molecule is c1ccc(-c2nc(-c3ccccc3)nc(-c3cccc4c(-n5c6ccccc6c6cc7c8c9ccccc9ccc8n(-c8ccc9ccccc9c8)c7cc65)cccc34)n2)cc1. The first-order chi connectivity index (χ1) is 30.7. The third kappa shape index (κ3) is 5.25. The second-order valence-corrected chi connectivity index (χ2v) is 16.0. The summed E-state index contributed by atoms with van der Waals surface area (Å²) in [6.07, 6.45) is 0. The van der Waals surface area contributed by atoms with Crippen LogP contribution in [0, 0.1) is 0 Å². The van der Waals surface area contributed by atoms with Crippen molar-refractivity contribution in [1.82, 2.24) is 24.1 Å². The van der Waals surface area contributed by atoms with Gasteiger partial charge in [-0.2, -0.15) is 0 Å². The molecule has 0 bridgehead atoms. The van der Waals surface area contributed by atoms with Gasteiger partial charge in [-0.15, -0.1) is 0 Å². The summed E-state index contributed by atoms with van der Waals surface area (Å²) < 4.78 is 4.91. The summed E-state index contributed by atoms with van der Waals surface area (Å²) in [7, 11) is 0. The normalized spacial score (nSPS) is 11.9. The average molecular weight is 790 g/mol. The van der Waals surface area contributed by atoms with Gasteiger partial charge in [-0.3, -0.25) is 0 Å². The fraction of sp³-hybridized carbons (Fsp3) is 0. The Morgan fingerprint density at radius 2 is 0.887 bits per heavy atom. The number of hydrogen-bond acceptors (Lipinski definition) is 3. The quantitative estimate of drug-likeness (QED) is 0.174. The largest absolute Gasteiger partial charge is 0.309 e. The molecule has 62 heavy (non-hydrogen) atoms. The van der Waals surface area contributed by atoms with Gasteiger partial charge in [0.25, 0.3) is 0 Å². The van der Waals surface area contributed by atoms with Crippen LogP contribution in [0.1, 0.15) is 0 Å². The highest BCUT2D eigenvalue weighted by Crippen LogP contribution is 2.43. The van der Waals surface area contributed by atoms with Crippen LogP contribution in [0.4, 0.5) is 0 Å². The summed E-state index contributed by atoms with van der Waals surface area (Å²) in [5, 5.41) is 12.0. The zero-order valence-electron chi connectivity index (χ0n) is 33.4. The number of hydrogen-bond donors (Lipinski definition) is 0. The zero-order valence-corrected chi connectivity index (χ0v) is 33.4. The second-order valence-electron chi connectivity index (χ2n) is 16.0. The van der Waals surface area contributed by atoms with Crippen LogP contribution in [0.3, 0.4) is 0 Å². The summed E-state index contributed by atoms with van der Waals surface area (Å²) in [5.41, 5.74) is 9.71. The number of rotatable bonds is 5. The molecule has 0 aliphatic carbocycles.